The highest BCUT2D eigenvalue weighted by Crippen LogP contribution is 2.21. The van der Waals surface area contributed by atoms with E-state index in [0.29, 0.717) is 6.61 Å². The second kappa shape index (κ2) is 10.0. The molecule has 150 valence electrons. The highest BCUT2D eigenvalue weighted by molar-refractivity contribution is 5.80. The molecular formula is C20H31FN4O2. The molecule has 0 radical (unpaired) electrons. The molecule has 6 nitrogen and oxygen atoms in total. The Morgan fingerprint density at radius 1 is 1.26 bits per heavy atom. The number of morpholine rings is 1. The largest absolute Gasteiger partial charge is 0.375 e. The van der Waals surface area contributed by atoms with Crippen LogP contribution >= 0.6 is 0 Å². The Morgan fingerprint density at radius 3 is 2.74 bits per heavy atom. The van der Waals surface area contributed by atoms with Gasteiger partial charge >= 0.3 is 0 Å². The molecule has 2 heterocycles. The van der Waals surface area contributed by atoms with Crippen molar-refractivity contribution in [2.75, 3.05) is 53.5 Å². The predicted octanol–water partition coefficient (Wildman–Crippen LogP) is 1.71. The summed E-state index contributed by atoms with van der Waals surface area (Å²) in [5, 5.41) is 3.45. The van der Waals surface area contributed by atoms with Crippen LogP contribution in [0.25, 0.3) is 0 Å². The molecule has 0 saturated carbocycles. The number of aliphatic imine (C=N–C) groups is 1. The van der Waals surface area contributed by atoms with Gasteiger partial charge in [0, 0.05) is 46.4 Å². The van der Waals surface area contributed by atoms with Gasteiger partial charge in [-0.05, 0) is 37.6 Å². The second-order valence-electron chi connectivity index (χ2n) is 7.24. The summed E-state index contributed by atoms with van der Waals surface area (Å²) in [6.07, 6.45) is 2.55. The van der Waals surface area contributed by atoms with Crippen LogP contribution in [0.3, 0.4) is 0 Å². The van der Waals surface area contributed by atoms with Crippen LogP contribution in [-0.2, 0) is 16.0 Å². The van der Waals surface area contributed by atoms with Gasteiger partial charge in [-0.25, -0.2) is 4.39 Å². The third kappa shape index (κ3) is 5.89. The van der Waals surface area contributed by atoms with Gasteiger partial charge < -0.3 is 24.6 Å². The maximum absolute atomic E-state index is 13.0. The molecule has 0 aliphatic carbocycles. The molecule has 7 heteroatoms. The highest BCUT2D eigenvalue weighted by atomic mass is 19.1. The van der Waals surface area contributed by atoms with Crippen molar-refractivity contribution >= 4 is 5.96 Å². The van der Waals surface area contributed by atoms with Crippen LogP contribution < -0.4 is 5.32 Å². The van der Waals surface area contributed by atoms with Gasteiger partial charge in [-0.1, -0.05) is 12.1 Å². The molecule has 0 aromatic heterocycles. The van der Waals surface area contributed by atoms with Gasteiger partial charge in [0.1, 0.15) is 11.9 Å². The minimum atomic E-state index is -0.196. The van der Waals surface area contributed by atoms with E-state index in [1.165, 1.54) is 12.1 Å². The minimum Gasteiger partial charge on any atom is -0.375 e. The van der Waals surface area contributed by atoms with Crippen LogP contribution in [0.1, 0.15) is 18.4 Å². The number of halogens is 1. The van der Waals surface area contributed by atoms with Gasteiger partial charge in [0.15, 0.2) is 5.96 Å². The van der Waals surface area contributed by atoms with E-state index in [4.69, 9.17) is 9.47 Å². The molecule has 2 aliphatic heterocycles. The first-order chi connectivity index (χ1) is 13.2. The van der Waals surface area contributed by atoms with E-state index in [1.807, 2.05) is 19.2 Å². The van der Waals surface area contributed by atoms with Gasteiger partial charge in [-0.15, -0.1) is 0 Å². The molecule has 2 atom stereocenters. The first-order valence-electron chi connectivity index (χ1n) is 9.77. The number of hydrogen-bond acceptors (Lipinski definition) is 4. The van der Waals surface area contributed by atoms with Crippen molar-refractivity contribution in [1.29, 1.82) is 0 Å². The van der Waals surface area contributed by atoms with Crippen molar-refractivity contribution in [3.05, 3.63) is 35.6 Å². The van der Waals surface area contributed by atoms with E-state index in [0.717, 1.165) is 63.7 Å². The lowest BCUT2D eigenvalue weighted by atomic mass is 10.1. The number of nitrogens with one attached hydrogen (secondary N) is 1. The number of likely N-dealkylation sites (N-methyl/N-ethyl adjacent to an activating group) is 1. The van der Waals surface area contributed by atoms with Crippen molar-refractivity contribution in [2.45, 2.75) is 31.6 Å². The molecule has 1 N–H and O–H groups in total. The van der Waals surface area contributed by atoms with Gasteiger partial charge in [-0.2, -0.15) is 0 Å². The van der Waals surface area contributed by atoms with E-state index < -0.39 is 0 Å². The van der Waals surface area contributed by atoms with Gasteiger partial charge in [-0.3, -0.25) is 4.99 Å². The molecule has 2 fully saturated rings. The lowest BCUT2D eigenvalue weighted by Gasteiger charge is -2.37. The molecule has 27 heavy (non-hydrogen) atoms. The molecule has 2 saturated heterocycles. The summed E-state index contributed by atoms with van der Waals surface area (Å²) >= 11 is 0. The molecule has 0 amide bonds. The first-order valence-corrected chi connectivity index (χ1v) is 9.77. The predicted molar refractivity (Wildman–Crippen MR) is 104 cm³/mol. The molecule has 1 aromatic rings. The Balaban J connectivity index is 1.42. The van der Waals surface area contributed by atoms with Crippen LogP contribution in [0.2, 0.25) is 0 Å². The van der Waals surface area contributed by atoms with Crippen molar-refractivity contribution < 1.29 is 13.9 Å². The van der Waals surface area contributed by atoms with Crippen LogP contribution in [0.5, 0.6) is 0 Å². The Hall–Kier alpha value is -1.70. The van der Waals surface area contributed by atoms with Crippen LogP contribution in [-0.4, -0.2) is 81.5 Å². The Kier molecular flexibility index (Phi) is 7.43. The summed E-state index contributed by atoms with van der Waals surface area (Å²) in [5.74, 6) is 0.718. The van der Waals surface area contributed by atoms with Gasteiger partial charge in [0.05, 0.1) is 12.7 Å². The van der Waals surface area contributed by atoms with Crippen LogP contribution in [0.4, 0.5) is 4.39 Å². The van der Waals surface area contributed by atoms with E-state index in [2.05, 4.69) is 27.2 Å². The summed E-state index contributed by atoms with van der Waals surface area (Å²) in [5.41, 5.74) is 1.11. The van der Waals surface area contributed by atoms with E-state index in [1.54, 1.807) is 0 Å². The third-order valence-electron chi connectivity index (χ3n) is 5.13. The Morgan fingerprint density at radius 2 is 2.04 bits per heavy atom. The SMILES string of the molecule is CN=C(NCCN(C)Cc1ccc(F)cc1)N1CCOC(C2CCCO2)C1. The standard InChI is InChI=1S/C20H31FN4O2/c1-22-20(25-11-13-27-19(15-25)18-4-3-12-26-18)23-9-10-24(2)14-16-5-7-17(21)8-6-16/h5-8,18-19H,3-4,9-15H2,1-2H3,(H,22,23). The molecular weight excluding hydrogens is 347 g/mol. The Bertz CT molecular complexity index is 605. The van der Waals surface area contributed by atoms with Crippen molar-refractivity contribution in [1.82, 2.24) is 15.1 Å². The summed E-state index contributed by atoms with van der Waals surface area (Å²) in [7, 11) is 3.89. The number of benzene rings is 1. The molecule has 0 bridgehead atoms. The normalized spacial score (nSPS) is 23.9. The maximum atomic E-state index is 13.0. The molecule has 3 rings (SSSR count). The van der Waals surface area contributed by atoms with E-state index in [-0.39, 0.29) is 18.0 Å². The zero-order valence-electron chi connectivity index (χ0n) is 16.4. The second-order valence-corrected chi connectivity index (χ2v) is 7.24. The Labute approximate surface area is 161 Å². The number of nitrogens with zero attached hydrogens (tertiary/aromatic N) is 3. The van der Waals surface area contributed by atoms with E-state index >= 15 is 0 Å². The monoisotopic (exact) mass is 378 g/mol. The average Bonchev–Trinajstić information content (AvgIpc) is 3.22. The van der Waals surface area contributed by atoms with Crippen molar-refractivity contribution in [3.63, 3.8) is 0 Å². The summed E-state index contributed by atoms with van der Waals surface area (Å²) in [6, 6.07) is 6.67. The lowest BCUT2D eigenvalue weighted by Crippen LogP contribution is -2.53. The zero-order valence-corrected chi connectivity index (χ0v) is 16.4. The summed E-state index contributed by atoms with van der Waals surface area (Å²) in [6.45, 7) is 5.67. The lowest BCUT2D eigenvalue weighted by molar-refractivity contribution is -0.0817. The van der Waals surface area contributed by atoms with Gasteiger partial charge in [0.25, 0.3) is 0 Å². The third-order valence-corrected chi connectivity index (χ3v) is 5.13. The highest BCUT2D eigenvalue weighted by Gasteiger charge is 2.32. The van der Waals surface area contributed by atoms with Gasteiger partial charge in [0.2, 0.25) is 0 Å². The number of ether oxygens (including phenoxy) is 2. The minimum absolute atomic E-state index is 0.126. The molecule has 2 aliphatic rings. The molecule has 0 spiro atoms. The number of guanidine groups is 1. The maximum Gasteiger partial charge on any atom is 0.193 e. The summed E-state index contributed by atoms with van der Waals surface area (Å²) in [4.78, 5) is 8.91. The fraction of sp³-hybridized carbons (Fsp3) is 0.650. The quantitative estimate of drug-likeness (QED) is 0.603. The fourth-order valence-electron chi connectivity index (χ4n) is 3.66. The first kappa shape index (κ1) is 20.0. The summed E-state index contributed by atoms with van der Waals surface area (Å²) < 4.78 is 24.7. The molecule has 1 aromatic carbocycles. The van der Waals surface area contributed by atoms with Crippen LogP contribution in [0, 0.1) is 5.82 Å². The smallest absolute Gasteiger partial charge is 0.193 e. The topological polar surface area (TPSA) is 49.3 Å². The number of rotatable bonds is 6. The average molecular weight is 378 g/mol. The fourth-order valence-corrected chi connectivity index (χ4v) is 3.66. The van der Waals surface area contributed by atoms with Crippen molar-refractivity contribution in [3.8, 4) is 0 Å². The van der Waals surface area contributed by atoms with Crippen LogP contribution in [0.15, 0.2) is 29.3 Å². The van der Waals surface area contributed by atoms with E-state index in [9.17, 15) is 4.39 Å². The van der Waals surface area contributed by atoms with Crippen molar-refractivity contribution in [2.24, 2.45) is 4.99 Å². The zero-order chi connectivity index (χ0) is 19.1. The molecule has 2 unspecified atom stereocenters. The number of hydrogen-bond donors (Lipinski definition) is 1.